The van der Waals surface area contributed by atoms with Crippen LogP contribution >= 0.6 is 0 Å². The number of carbonyl (C=O) groups excluding carboxylic acids is 1. The van der Waals surface area contributed by atoms with Crippen LogP contribution in [0.4, 0.5) is 0 Å². The van der Waals surface area contributed by atoms with Gasteiger partial charge < -0.3 is 14.6 Å². The molecule has 1 N–H and O–H groups in total. The maximum Gasteiger partial charge on any atom is 0.339 e. The van der Waals surface area contributed by atoms with Crippen LogP contribution in [0.15, 0.2) is 67.4 Å². The number of aromatic carboxylic acids is 1. The van der Waals surface area contributed by atoms with Gasteiger partial charge in [-0.2, -0.15) is 0 Å². The number of carboxylic acids is 1. The minimum Gasteiger partial charge on any atom is -0.497 e. The van der Waals surface area contributed by atoms with Gasteiger partial charge in [0.2, 0.25) is 0 Å². The van der Waals surface area contributed by atoms with Crippen LogP contribution in [0.1, 0.15) is 45.2 Å². The Bertz CT molecular complexity index is 1290. The van der Waals surface area contributed by atoms with E-state index in [9.17, 15) is 14.7 Å². The first-order chi connectivity index (χ1) is 17.0. The molecule has 35 heavy (non-hydrogen) atoms. The van der Waals surface area contributed by atoms with Gasteiger partial charge in [0.1, 0.15) is 11.9 Å². The Balaban J connectivity index is 1.59. The fourth-order valence-corrected chi connectivity index (χ4v) is 5.59. The lowest BCUT2D eigenvalue weighted by molar-refractivity contribution is -0.0568. The normalized spacial score (nSPS) is 24.0. The van der Waals surface area contributed by atoms with Gasteiger partial charge in [-0.05, 0) is 67.6 Å². The molecule has 0 radical (unpaired) electrons. The highest BCUT2D eigenvalue weighted by molar-refractivity contribution is 6.02. The third-order valence-electron chi connectivity index (χ3n) is 7.40. The maximum atomic E-state index is 13.4. The molecule has 5 atom stereocenters. The van der Waals surface area contributed by atoms with Crippen LogP contribution in [-0.4, -0.2) is 53.2 Å². The number of pyridine rings is 1. The molecule has 3 fully saturated rings. The van der Waals surface area contributed by atoms with E-state index >= 15 is 0 Å². The zero-order chi connectivity index (χ0) is 24.5. The number of benzene rings is 2. The van der Waals surface area contributed by atoms with Crippen molar-refractivity contribution in [2.75, 3.05) is 20.2 Å². The first-order valence-corrected chi connectivity index (χ1v) is 11.8. The lowest BCUT2D eigenvalue weighted by Gasteiger charge is -2.51. The number of methoxy groups -OCH3 is 1. The molecule has 0 aliphatic carbocycles. The van der Waals surface area contributed by atoms with Gasteiger partial charge in [-0.15, -0.1) is 6.58 Å². The average molecular weight is 473 g/mol. The summed E-state index contributed by atoms with van der Waals surface area (Å²) < 4.78 is 11.7. The van der Waals surface area contributed by atoms with Crippen molar-refractivity contribution >= 4 is 22.8 Å². The van der Waals surface area contributed by atoms with Crippen LogP contribution in [0.25, 0.3) is 10.9 Å². The summed E-state index contributed by atoms with van der Waals surface area (Å²) >= 11 is 0. The highest BCUT2D eigenvalue weighted by Crippen LogP contribution is 2.44. The minimum absolute atomic E-state index is 0.0392. The topological polar surface area (TPSA) is 89.0 Å². The quantitative estimate of drug-likeness (QED) is 0.393. The summed E-state index contributed by atoms with van der Waals surface area (Å²) in [4.78, 5) is 32.0. The molecule has 3 saturated heterocycles. The first kappa shape index (κ1) is 23.1. The number of esters is 1. The number of hydrogen-bond donors (Lipinski definition) is 1. The fraction of sp³-hybridized carbons (Fsp3) is 0.321. The second-order valence-electron chi connectivity index (χ2n) is 9.21. The van der Waals surface area contributed by atoms with E-state index in [4.69, 9.17) is 9.47 Å². The molecule has 0 amide bonds. The van der Waals surface area contributed by atoms with Gasteiger partial charge in [0.15, 0.2) is 0 Å². The van der Waals surface area contributed by atoms with E-state index in [0.29, 0.717) is 17.6 Å². The van der Waals surface area contributed by atoms with Crippen molar-refractivity contribution in [1.82, 2.24) is 9.88 Å². The Hall–Kier alpha value is -3.71. The van der Waals surface area contributed by atoms with E-state index in [1.54, 1.807) is 25.4 Å². The number of ether oxygens (including phenoxy) is 2. The summed E-state index contributed by atoms with van der Waals surface area (Å²) in [6.07, 6.45) is 5.10. The number of piperidine rings is 3. The minimum atomic E-state index is -1.16. The molecule has 0 saturated carbocycles. The van der Waals surface area contributed by atoms with E-state index in [1.807, 2.05) is 30.3 Å². The predicted octanol–water partition coefficient (Wildman–Crippen LogP) is 4.74. The number of rotatable bonds is 7. The number of carboxylic acid groups (broad SMARTS) is 1. The van der Waals surface area contributed by atoms with Crippen LogP contribution in [0.2, 0.25) is 0 Å². The van der Waals surface area contributed by atoms with Crippen LogP contribution in [0, 0.1) is 11.8 Å². The molecule has 7 nitrogen and oxygen atoms in total. The third-order valence-corrected chi connectivity index (χ3v) is 7.40. The van der Waals surface area contributed by atoms with Crippen LogP contribution < -0.4 is 4.74 Å². The summed E-state index contributed by atoms with van der Waals surface area (Å²) in [6.45, 7) is 5.80. The maximum absolute atomic E-state index is 13.4. The SMILES string of the molecule is C=C[C@H]1CN2CC[C@H]1C[C@H]2[C@H](OC(=O)c1ccccc1C(=O)O)c1ccnc2ccc(OC)cc12. The molecular weight excluding hydrogens is 444 g/mol. The van der Waals surface area contributed by atoms with Gasteiger partial charge in [0.25, 0.3) is 0 Å². The highest BCUT2D eigenvalue weighted by Gasteiger charge is 2.44. The summed E-state index contributed by atoms with van der Waals surface area (Å²) in [5.41, 5.74) is 1.58. The van der Waals surface area contributed by atoms with Crippen molar-refractivity contribution in [3.05, 3.63) is 84.1 Å². The number of carbonyl (C=O) groups is 2. The number of nitrogens with zero attached hydrogens (tertiary/aromatic N) is 2. The molecule has 180 valence electrons. The second kappa shape index (κ2) is 9.50. The summed E-state index contributed by atoms with van der Waals surface area (Å²) in [6, 6.07) is 13.7. The molecule has 4 heterocycles. The van der Waals surface area contributed by atoms with Crippen molar-refractivity contribution in [1.29, 1.82) is 0 Å². The molecule has 3 aromatic rings. The molecule has 2 bridgehead atoms. The van der Waals surface area contributed by atoms with Gasteiger partial charge >= 0.3 is 11.9 Å². The number of aromatic nitrogens is 1. The Morgan fingerprint density at radius 3 is 2.69 bits per heavy atom. The zero-order valence-corrected chi connectivity index (χ0v) is 19.6. The molecule has 3 aliphatic rings. The molecule has 1 aromatic heterocycles. The van der Waals surface area contributed by atoms with Crippen molar-refractivity contribution in [3.8, 4) is 5.75 Å². The van der Waals surface area contributed by atoms with E-state index in [2.05, 4.69) is 16.5 Å². The average Bonchev–Trinajstić information content (AvgIpc) is 2.91. The Kier molecular flexibility index (Phi) is 6.26. The Morgan fingerprint density at radius 1 is 1.20 bits per heavy atom. The van der Waals surface area contributed by atoms with E-state index in [0.717, 1.165) is 42.4 Å². The predicted molar refractivity (Wildman–Crippen MR) is 132 cm³/mol. The van der Waals surface area contributed by atoms with Gasteiger partial charge in [-0.25, -0.2) is 9.59 Å². The molecule has 3 aliphatic heterocycles. The molecular formula is C28H28N2O5. The zero-order valence-electron chi connectivity index (χ0n) is 19.6. The summed E-state index contributed by atoms with van der Waals surface area (Å²) in [5, 5.41) is 10.5. The van der Waals surface area contributed by atoms with Crippen molar-refractivity contribution in [3.63, 3.8) is 0 Å². The number of fused-ring (bicyclic) bond motifs is 4. The van der Waals surface area contributed by atoms with Gasteiger partial charge in [0, 0.05) is 23.7 Å². The lowest BCUT2D eigenvalue weighted by Crippen LogP contribution is -2.55. The second-order valence-corrected chi connectivity index (χ2v) is 9.21. The van der Waals surface area contributed by atoms with Gasteiger partial charge in [-0.3, -0.25) is 9.88 Å². The fourth-order valence-electron chi connectivity index (χ4n) is 5.59. The molecule has 2 aromatic carbocycles. The monoisotopic (exact) mass is 472 g/mol. The van der Waals surface area contributed by atoms with Crippen LogP contribution in [-0.2, 0) is 4.74 Å². The Labute approximate surface area is 204 Å². The van der Waals surface area contributed by atoms with Crippen molar-refractivity contribution in [2.45, 2.75) is 25.0 Å². The third kappa shape index (κ3) is 4.28. The highest BCUT2D eigenvalue weighted by atomic mass is 16.5. The molecule has 6 rings (SSSR count). The van der Waals surface area contributed by atoms with Gasteiger partial charge in [0.05, 0.1) is 29.8 Å². The van der Waals surface area contributed by atoms with Gasteiger partial charge in [-0.1, -0.05) is 18.2 Å². The largest absolute Gasteiger partial charge is 0.497 e. The van der Waals surface area contributed by atoms with E-state index in [1.165, 1.54) is 12.1 Å². The molecule has 7 heteroatoms. The van der Waals surface area contributed by atoms with Crippen molar-refractivity contribution in [2.24, 2.45) is 11.8 Å². The first-order valence-electron chi connectivity index (χ1n) is 11.8. The summed E-state index contributed by atoms with van der Waals surface area (Å²) in [5.74, 6) is -0.243. The van der Waals surface area contributed by atoms with E-state index in [-0.39, 0.29) is 17.2 Å². The molecule has 1 unspecified atom stereocenters. The lowest BCUT2D eigenvalue weighted by atomic mass is 9.73. The Morgan fingerprint density at radius 2 is 2.00 bits per heavy atom. The van der Waals surface area contributed by atoms with Crippen molar-refractivity contribution < 1.29 is 24.2 Å². The standard InChI is InChI=1S/C28H28N2O5/c1-3-17-16-30-13-11-18(17)14-25(30)26(35-28(33)22-7-5-4-6-21(22)27(31)32)20-10-12-29-24-9-8-19(34-2)15-23(20)24/h3-10,12,15,17-18,25-26H,1,11,13-14,16H2,2H3,(H,31,32)/t17-,18-,25-,26+/m0/s1. The van der Waals surface area contributed by atoms with Crippen LogP contribution in [0.3, 0.4) is 0 Å². The smallest absolute Gasteiger partial charge is 0.339 e. The molecule has 0 spiro atoms. The summed E-state index contributed by atoms with van der Waals surface area (Å²) in [7, 11) is 1.61. The van der Waals surface area contributed by atoms with Crippen LogP contribution in [0.5, 0.6) is 5.75 Å². The number of hydrogen-bond acceptors (Lipinski definition) is 6. The van der Waals surface area contributed by atoms with E-state index < -0.39 is 18.0 Å².